The highest BCUT2D eigenvalue weighted by Crippen LogP contribution is 2.31. The van der Waals surface area contributed by atoms with Crippen molar-refractivity contribution in [3.05, 3.63) is 51.8 Å². The van der Waals surface area contributed by atoms with Crippen molar-refractivity contribution in [3.63, 3.8) is 0 Å². The molecule has 1 aromatic carbocycles. The van der Waals surface area contributed by atoms with E-state index in [1.165, 1.54) is 0 Å². The van der Waals surface area contributed by atoms with E-state index in [4.69, 9.17) is 11.6 Å². The summed E-state index contributed by atoms with van der Waals surface area (Å²) in [5.41, 5.74) is 5.29. The molecule has 0 saturated carbocycles. The summed E-state index contributed by atoms with van der Waals surface area (Å²) >= 11 is 5.98. The van der Waals surface area contributed by atoms with E-state index in [1.54, 1.807) is 11.9 Å². The number of carbonyl (C=O) groups is 1. The van der Waals surface area contributed by atoms with Crippen molar-refractivity contribution in [2.45, 2.75) is 27.2 Å². The fourth-order valence-corrected chi connectivity index (χ4v) is 2.38. The minimum absolute atomic E-state index is 0.701. The van der Waals surface area contributed by atoms with E-state index in [0.29, 0.717) is 5.02 Å². The van der Waals surface area contributed by atoms with Gasteiger partial charge >= 0.3 is 0 Å². The number of halogens is 1. The summed E-state index contributed by atoms with van der Waals surface area (Å²) in [6.45, 7) is 6.14. The molecule has 1 amide bonds. The van der Waals surface area contributed by atoms with Crippen LogP contribution in [-0.4, -0.2) is 25.4 Å². The van der Waals surface area contributed by atoms with Crippen molar-refractivity contribution in [1.82, 2.24) is 10.2 Å². The van der Waals surface area contributed by atoms with E-state index in [-0.39, 0.29) is 0 Å². The van der Waals surface area contributed by atoms with Crippen LogP contribution in [0.4, 0.5) is 0 Å². The van der Waals surface area contributed by atoms with E-state index >= 15 is 0 Å². The smallest absolute Gasteiger partial charge is 0.213 e. The second kappa shape index (κ2) is 7.89. The fourth-order valence-electron chi connectivity index (χ4n) is 2.26. The molecule has 0 unspecified atom stereocenters. The van der Waals surface area contributed by atoms with E-state index in [1.807, 2.05) is 45.2 Å². The summed E-state index contributed by atoms with van der Waals surface area (Å²) in [5, 5.41) is 3.88. The summed E-state index contributed by atoms with van der Waals surface area (Å²) in [4.78, 5) is 12.8. The van der Waals surface area contributed by atoms with Gasteiger partial charge in [-0.2, -0.15) is 0 Å². The monoisotopic (exact) mass is 306 g/mol. The van der Waals surface area contributed by atoms with Gasteiger partial charge in [-0.25, -0.2) is 0 Å². The summed E-state index contributed by atoms with van der Waals surface area (Å²) in [6, 6.07) is 7.71. The van der Waals surface area contributed by atoms with Gasteiger partial charge in [0.1, 0.15) is 0 Å². The van der Waals surface area contributed by atoms with Gasteiger partial charge in [0.15, 0.2) is 0 Å². The molecular formula is C17H23ClN2O. The van der Waals surface area contributed by atoms with Crippen molar-refractivity contribution in [1.29, 1.82) is 0 Å². The number of benzene rings is 1. The molecule has 3 nitrogen and oxygen atoms in total. The molecule has 0 aromatic heterocycles. The van der Waals surface area contributed by atoms with Gasteiger partial charge in [-0.15, -0.1) is 0 Å². The molecule has 0 spiro atoms. The highest BCUT2D eigenvalue weighted by Gasteiger charge is 2.15. The standard InChI is InChI=1S/C17H23ClN2O/c1-6-16(20(5)11-21)17(12(2)13(3)19-4)14-7-9-15(18)10-8-14/h7-11,19H,6H2,1-5H3/b13-12+,17-16+. The third-order valence-corrected chi connectivity index (χ3v) is 3.90. The lowest BCUT2D eigenvalue weighted by Gasteiger charge is -2.22. The van der Waals surface area contributed by atoms with E-state index < -0.39 is 0 Å². The number of hydrogen-bond acceptors (Lipinski definition) is 2. The topological polar surface area (TPSA) is 32.3 Å². The number of nitrogens with one attached hydrogen (secondary N) is 1. The van der Waals surface area contributed by atoms with Gasteiger partial charge < -0.3 is 10.2 Å². The molecule has 0 fully saturated rings. The molecule has 1 N–H and O–H groups in total. The Morgan fingerprint density at radius 3 is 2.29 bits per heavy atom. The zero-order chi connectivity index (χ0) is 16.0. The minimum atomic E-state index is 0.701. The van der Waals surface area contributed by atoms with Crippen molar-refractivity contribution in [2.75, 3.05) is 14.1 Å². The van der Waals surface area contributed by atoms with Crippen LogP contribution in [-0.2, 0) is 4.79 Å². The summed E-state index contributed by atoms with van der Waals surface area (Å²) in [7, 11) is 3.68. The van der Waals surface area contributed by atoms with Crippen molar-refractivity contribution in [2.24, 2.45) is 0 Å². The Hall–Kier alpha value is -1.74. The highest BCUT2D eigenvalue weighted by atomic mass is 35.5. The quantitative estimate of drug-likeness (QED) is 0.635. The van der Waals surface area contributed by atoms with E-state index in [0.717, 1.165) is 40.9 Å². The summed E-state index contributed by atoms with van der Waals surface area (Å²) < 4.78 is 0. The predicted molar refractivity (Wildman–Crippen MR) is 89.9 cm³/mol. The molecule has 0 saturated heterocycles. The van der Waals surface area contributed by atoms with Crippen LogP contribution < -0.4 is 5.32 Å². The maximum absolute atomic E-state index is 11.2. The van der Waals surface area contributed by atoms with Gasteiger partial charge in [-0.05, 0) is 43.5 Å². The lowest BCUT2D eigenvalue weighted by Crippen LogP contribution is -2.18. The average molecular weight is 307 g/mol. The van der Waals surface area contributed by atoms with Crippen LogP contribution in [0.2, 0.25) is 5.02 Å². The molecule has 0 aliphatic heterocycles. The first kappa shape index (κ1) is 17.3. The Morgan fingerprint density at radius 2 is 1.86 bits per heavy atom. The number of amides is 1. The number of carbonyl (C=O) groups excluding carboxylic acids is 1. The maximum Gasteiger partial charge on any atom is 0.213 e. The van der Waals surface area contributed by atoms with Crippen LogP contribution in [0.5, 0.6) is 0 Å². The molecule has 21 heavy (non-hydrogen) atoms. The SMILES string of the molecule is CC/C(=C(/C(C)=C(\C)NC)c1ccc(Cl)cc1)N(C)C=O. The Labute approximate surface area is 132 Å². The molecule has 0 aliphatic rings. The van der Waals surface area contributed by atoms with Crippen molar-refractivity contribution < 1.29 is 4.79 Å². The van der Waals surface area contributed by atoms with Crippen LogP contribution in [0.15, 0.2) is 41.2 Å². The number of nitrogens with zero attached hydrogens (tertiary/aromatic N) is 1. The normalized spacial score (nSPS) is 13.2. The Kier molecular flexibility index (Phi) is 6.50. The average Bonchev–Trinajstić information content (AvgIpc) is 2.51. The number of rotatable bonds is 6. The first-order valence-corrected chi connectivity index (χ1v) is 7.36. The molecule has 1 aromatic rings. The van der Waals surface area contributed by atoms with E-state index in [2.05, 4.69) is 12.2 Å². The third-order valence-electron chi connectivity index (χ3n) is 3.65. The molecule has 0 aliphatic carbocycles. The second-order valence-electron chi connectivity index (χ2n) is 4.90. The van der Waals surface area contributed by atoms with Crippen molar-refractivity contribution in [3.8, 4) is 0 Å². The van der Waals surface area contributed by atoms with Crippen molar-refractivity contribution >= 4 is 23.6 Å². The van der Waals surface area contributed by atoms with E-state index in [9.17, 15) is 4.79 Å². The zero-order valence-electron chi connectivity index (χ0n) is 13.3. The fraction of sp³-hybridized carbons (Fsp3) is 0.353. The lowest BCUT2D eigenvalue weighted by molar-refractivity contribution is -0.115. The van der Waals surface area contributed by atoms with Crippen LogP contribution in [0.3, 0.4) is 0 Å². The first-order valence-electron chi connectivity index (χ1n) is 6.99. The third kappa shape index (κ3) is 4.11. The van der Waals surface area contributed by atoms with Gasteiger partial charge in [0.05, 0.1) is 0 Å². The van der Waals surface area contributed by atoms with Crippen LogP contribution in [0.1, 0.15) is 32.8 Å². The van der Waals surface area contributed by atoms with Gasteiger partial charge in [0, 0.05) is 36.1 Å². The largest absolute Gasteiger partial charge is 0.391 e. The molecule has 1 rings (SSSR count). The number of hydrogen-bond donors (Lipinski definition) is 1. The maximum atomic E-state index is 11.2. The summed E-state index contributed by atoms with van der Waals surface area (Å²) in [6.07, 6.45) is 1.61. The zero-order valence-corrected chi connectivity index (χ0v) is 14.1. The Bertz CT molecular complexity index is 559. The van der Waals surface area contributed by atoms with Crippen LogP contribution in [0.25, 0.3) is 5.57 Å². The molecule has 0 heterocycles. The summed E-state index contributed by atoms with van der Waals surface area (Å²) in [5.74, 6) is 0. The number of allylic oxidation sites excluding steroid dienone is 4. The molecule has 4 heteroatoms. The lowest BCUT2D eigenvalue weighted by atomic mass is 9.94. The van der Waals surface area contributed by atoms with Gasteiger partial charge in [0.25, 0.3) is 0 Å². The first-order chi connectivity index (χ1) is 9.96. The molecule has 0 radical (unpaired) electrons. The Morgan fingerprint density at radius 1 is 1.29 bits per heavy atom. The van der Waals surface area contributed by atoms with Gasteiger partial charge in [-0.1, -0.05) is 30.7 Å². The second-order valence-corrected chi connectivity index (χ2v) is 5.33. The van der Waals surface area contributed by atoms with Gasteiger partial charge in [-0.3, -0.25) is 4.79 Å². The van der Waals surface area contributed by atoms with Crippen LogP contribution >= 0.6 is 11.6 Å². The Balaban J connectivity index is 3.60. The van der Waals surface area contributed by atoms with Crippen LogP contribution in [0, 0.1) is 0 Å². The minimum Gasteiger partial charge on any atom is -0.391 e. The molecule has 0 atom stereocenters. The molecule has 114 valence electrons. The molecule has 0 bridgehead atoms. The highest BCUT2D eigenvalue weighted by molar-refractivity contribution is 6.30. The predicted octanol–water partition coefficient (Wildman–Crippen LogP) is 4.06. The van der Waals surface area contributed by atoms with Gasteiger partial charge in [0.2, 0.25) is 6.41 Å². The molecular weight excluding hydrogens is 284 g/mol.